The Morgan fingerprint density at radius 3 is 2.66 bits per heavy atom. The molecule has 1 N–H and O–H groups in total. The Kier molecular flexibility index (Phi) is 7.44. The fourth-order valence-corrected chi connectivity index (χ4v) is 4.59. The molecule has 9 heteroatoms. The van der Waals surface area contributed by atoms with Gasteiger partial charge in [0.25, 0.3) is 0 Å². The molecule has 0 aliphatic carbocycles. The first-order chi connectivity index (χ1) is 15.1. The molecular formula is C23H25N3O4S2. The zero-order valence-corrected chi connectivity index (χ0v) is 20.0. The van der Waals surface area contributed by atoms with E-state index in [1.54, 1.807) is 36.5 Å². The Labute approximate surface area is 192 Å². The van der Waals surface area contributed by atoms with Crippen LogP contribution in [0.2, 0.25) is 0 Å². The third-order valence-corrected chi connectivity index (χ3v) is 7.33. The highest BCUT2D eigenvalue weighted by Gasteiger charge is 2.20. The van der Waals surface area contributed by atoms with Gasteiger partial charge in [0, 0.05) is 31.2 Å². The molecule has 32 heavy (non-hydrogen) atoms. The molecule has 0 unspecified atom stereocenters. The predicted octanol–water partition coefficient (Wildman–Crippen LogP) is 4.24. The number of ether oxygens (including phenoxy) is 1. The molecular weight excluding hydrogens is 446 g/mol. The van der Waals surface area contributed by atoms with Gasteiger partial charge in [-0.05, 0) is 55.3 Å². The van der Waals surface area contributed by atoms with Crippen molar-refractivity contribution in [2.24, 2.45) is 0 Å². The molecule has 1 heterocycles. The van der Waals surface area contributed by atoms with Gasteiger partial charge in [0.15, 0.2) is 0 Å². The van der Waals surface area contributed by atoms with Crippen LogP contribution in [0.3, 0.4) is 0 Å². The van der Waals surface area contributed by atoms with E-state index in [2.05, 4.69) is 10.3 Å². The van der Waals surface area contributed by atoms with Crippen LogP contribution in [-0.4, -0.2) is 37.7 Å². The molecule has 1 amide bonds. The van der Waals surface area contributed by atoms with E-state index in [4.69, 9.17) is 4.74 Å². The number of nitrogens with zero attached hydrogens (tertiary/aromatic N) is 2. The first-order valence-electron chi connectivity index (χ1n) is 9.81. The molecule has 7 nitrogen and oxygen atoms in total. The molecule has 0 saturated heterocycles. The molecule has 168 valence electrons. The molecule has 0 bridgehead atoms. The Balaban J connectivity index is 1.66. The Morgan fingerprint density at radius 1 is 1.19 bits per heavy atom. The van der Waals surface area contributed by atoms with Gasteiger partial charge in [0.2, 0.25) is 15.9 Å². The molecule has 0 aliphatic rings. The second kappa shape index (κ2) is 10.1. The molecule has 0 fully saturated rings. The average molecular weight is 472 g/mol. The highest BCUT2D eigenvalue weighted by Crippen LogP contribution is 2.22. The standard InChI is InChI=1S/C23H25N3O4S2/c1-16-8-10-19(13-22(16)32(28,29)26(3)4)25-23(27)11-9-18-6-5-7-21(12-18)30-14-20-15-31-17(2)24-20/h5-13,15H,14H2,1-4H3,(H,25,27)/b11-9+. The number of hydrogen-bond acceptors (Lipinski definition) is 6. The number of thiazole rings is 1. The number of aryl methyl sites for hydroxylation is 2. The van der Waals surface area contributed by atoms with Crippen molar-refractivity contribution in [2.75, 3.05) is 19.4 Å². The highest BCUT2D eigenvalue weighted by atomic mass is 32.2. The van der Waals surface area contributed by atoms with E-state index in [0.717, 1.165) is 20.6 Å². The van der Waals surface area contributed by atoms with Crippen LogP contribution in [0.1, 0.15) is 21.8 Å². The summed E-state index contributed by atoms with van der Waals surface area (Å²) in [5, 5.41) is 5.66. The lowest BCUT2D eigenvalue weighted by atomic mass is 10.2. The monoisotopic (exact) mass is 471 g/mol. The van der Waals surface area contributed by atoms with Gasteiger partial charge >= 0.3 is 0 Å². The van der Waals surface area contributed by atoms with Crippen molar-refractivity contribution in [2.45, 2.75) is 25.3 Å². The van der Waals surface area contributed by atoms with E-state index in [1.165, 1.54) is 26.2 Å². The zero-order chi connectivity index (χ0) is 23.3. The summed E-state index contributed by atoms with van der Waals surface area (Å²) in [4.78, 5) is 16.9. The molecule has 3 rings (SSSR count). The summed E-state index contributed by atoms with van der Waals surface area (Å²) in [6, 6.07) is 12.2. The fourth-order valence-electron chi connectivity index (χ4n) is 2.85. The van der Waals surface area contributed by atoms with Gasteiger partial charge < -0.3 is 10.1 Å². The van der Waals surface area contributed by atoms with Gasteiger partial charge in [-0.2, -0.15) is 0 Å². The average Bonchev–Trinajstić information content (AvgIpc) is 3.17. The number of sulfonamides is 1. The largest absolute Gasteiger partial charge is 0.487 e. The Hall–Kier alpha value is -3.01. The maximum Gasteiger partial charge on any atom is 0.248 e. The van der Waals surface area contributed by atoms with Gasteiger partial charge in [-0.25, -0.2) is 17.7 Å². The number of amides is 1. The summed E-state index contributed by atoms with van der Waals surface area (Å²) in [6.45, 7) is 4.04. The summed E-state index contributed by atoms with van der Waals surface area (Å²) < 4.78 is 31.8. The van der Waals surface area contributed by atoms with Crippen LogP contribution < -0.4 is 10.1 Å². The number of rotatable bonds is 8. The van der Waals surface area contributed by atoms with Crippen LogP contribution in [0, 0.1) is 13.8 Å². The van der Waals surface area contributed by atoms with Crippen LogP contribution in [0.5, 0.6) is 5.75 Å². The second-order valence-electron chi connectivity index (χ2n) is 7.31. The summed E-state index contributed by atoms with van der Waals surface area (Å²) in [7, 11) is -0.662. The summed E-state index contributed by atoms with van der Waals surface area (Å²) in [5.74, 6) is 0.307. The van der Waals surface area contributed by atoms with Crippen molar-refractivity contribution in [3.8, 4) is 5.75 Å². The number of nitrogens with one attached hydrogen (secondary N) is 1. The number of carbonyl (C=O) groups is 1. The van der Waals surface area contributed by atoms with Crippen LogP contribution in [0.25, 0.3) is 6.08 Å². The molecule has 0 aliphatic heterocycles. The molecule has 0 atom stereocenters. The molecule has 0 radical (unpaired) electrons. The first kappa shape index (κ1) is 23.6. The van der Waals surface area contributed by atoms with Crippen molar-refractivity contribution >= 4 is 39.0 Å². The molecule has 2 aromatic carbocycles. The van der Waals surface area contributed by atoms with Crippen LogP contribution in [-0.2, 0) is 21.4 Å². The molecule has 0 spiro atoms. The van der Waals surface area contributed by atoms with Crippen molar-refractivity contribution < 1.29 is 17.9 Å². The van der Waals surface area contributed by atoms with Crippen molar-refractivity contribution in [3.05, 3.63) is 75.7 Å². The zero-order valence-electron chi connectivity index (χ0n) is 18.3. The third-order valence-electron chi connectivity index (χ3n) is 4.55. The molecule has 3 aromatic rings. The van der Waals surface area contributed by atoms with Gasteiger partial charge in [-0.3, -0.25) is 4.79 Å². The minimum absolute atomic E-state index is 0.157. The van der Waals surface area contributed by atoms with Gasteiger partial charge in [-0.15, -0.1) is 11.3 Å². The van der Waals surface area contributed by atoms with Crippen molar-refractivity contribution in [1.29, 1.82) is 0 Å². The third kappa shape index (κ3) is 6.03. The van der Waals surface area contributed by atoms with Crippen molar-refractivity contribution in [1.82, 2.24) is 9.29 Å². The van der Waals surface area contributed by atoms with Gasteiger partial charge in [0.1, 0.15) is 12.4 Å². The van der Waals surface area contributed by atoms with Gasteiger partial charge in [0.05, 0.1) is 15.6 Å². The fraction of sp³-hybridized carbons (Fsp3) is 0.217. The lowest BCUT2D eigenvalue weighted by Gasteiger charge is -2.14. The number of hydrogen-bond donors (Lipinski definition) is 1. The number of carbonyl (C=O) groups excluding carboxylic acids is 1. The predicted molar refractivity (Wildman–Crippen MR) is 127 cm³/mol. The van der Waals surface area contributed by atoms with E-state index in [9.17, 15) is 13.2 Å². The smallest absolute Gasteiger partial charge is 0.248 e. The van der Waals surface area contributed by atoms with Crippen LogP contribution in [0.4, 0.5) is 5.69 Å². The normalized spacial score (nSPS) is 11.8. The topological polar surface area (TPSA) is 88.6 Å². The maximum atomic E-state index is 12.5. The number of anilines is 1. The van der Waals surface area contributed by atoms with Crippen molar-refractivity contribution in [3.63, 3.8) is 0 Å². The Morgan fingerprint density at radius 2 is 1.97 bits per heavy atom. The van der Waals surface area contributed by atoms with E-state index < -0.39 is 10.0 Å². The first-order valence-corrected chi connectivity index (χ1v) is 12.1. The minimum atomic E-state index is -3.60. The van der Waals surface area contributed by atoms with Crippen LogP contribution >= 0.6 is 11.3 Å². The van der Waals surface area contributed by atoms with E-state index >= 15 is 0 Å². The molecule has 0 saturated carbocycles. The summed E-state index contributed by atoms with van der Waals surface area (Å²) in [5.41, 5.74) is 2.69. The van der Waals surface area contributed by atoms with Gasteiger partial charge in [-0.1, -0.05) is 18.2 Å². The quantitative estimate of drug-likeness (QED) is 0.497. The SMILES string of the molecule is Cc1nc(COc2cccc(/C=C/C(=O)Nc3ccc(C)c(S(=O)(=O)N(C)C)c3)c2)cs1. The van der Waals surface area contributed by atoms with E-state index in [1.807, 2.05) is 36.6 Å². The summed E-state index contributed by atoms with van der Waals surface area (Å²) in [6.07, 6.45) is 3.06. The lowest BCUT2D eigenvalue weighted by Crippen LogP contribution is -2.23. The molecule has 1 aromatic heterocycles. The minimum Gasteiger partial charge on any atom is -0.487 e. The van der Waals surface area contributed by atoms with E-state index in [-0.39, 0.29) is 10.8 Å². The maximum absolute atomic E-state index is 12.5. The van der Waals surface area contributed by atoms with Crippen LogP contribution in [0.15, 0.2) is 58.8 Å². The summed E-state index contributed by atoms with van der Waals surface area (Å²) >= 11 is 1.58. The number of benzene rings is 2. The lowest BCUT2D eigenvalue weighted by molar-refractivity contribution is -0.111. The Bertz CT molecular complexity index is 1250. The number of aromatic nitrogens is 1. The highest BCUT2D eigenvalue weighted by molar-refractivity contribution is 7.89. The second-order valence-corrected chi connectivity index (χ2v) is 10.5. The van der Waals surface area contributed by atoms with E-state index in [0.29, 0.717) is 23.6 Å².